The van der Waals surface area contributed by atoms with Crippen molar-refractivity contribution in [2.24, 2.45) is 11.8 Å². The molecule has 1 fully saturated rings. The third kappa shape index (κ3) is 6.04. The molecule has 1 aliphatic heterocycles. The standard InChI is InChI=1S/C37H50S/c1-6-9-29-16-17-31(22-27(29)8-3)33-19-21-35-34-20-18-32(23-36(34)38-37(35)24-33)30-14-12-28(13-15-30)26(5)11-10-25(4)7-2/h10,12,14,18,20,22,24,26,35-37H,6-9,11,13,15-17,19,21,23H2,1-5H3/b25-10-/t26?,35-,36?,37?/m1/s1. The fourth-order valence-electron chi connectivity index (χ4n) is 7.27. The molecule has 0 spiro atoms. The van der Waals surface area contributed by atoms with Crippen LogP contribution in [0.25, 0.3) is 0 Å². The molecular formula is C37H50S. The van der Waals surface area contributed by atoms with Crippen molar-refractivity contribution in [1.82, 2.24) is 0 Å². The van der Waals surface area contributed by atoms with Gasteiger partial charge >= 0.3 is 0 Å². The minimum atomic E-state index is 0.664. The van der Waals surface area contributed by atoms with Crippen LogP contribution in [-0.4, -0.2) is 10.5 Å². The van der Waals surface area contributed by atoms with Crippen LogP contribution < -0.4 is 0 Å². The van der Waals surface area contributed by atoms with Gasteiger partial charge in [-0.1, -0.05) is 98.9 Å². The van der Waals surface area contributed by atoms with E-state index in [4.69, 9.17) is 0 Å². The Kier molecular flexibility index (Phi) is 9.25. The predicted octanol–water partition coefficient (Wildman–Crippen LogP) is 11.3. The summed E-state index contributed by atoms with van der Waals surface area (Å²) in [5, 5.41) is 1.37. The Morgan fingerprint density at radius 1 is 0.947 bits per heavy atom. The Bertz CT molecular complexity index is 1160. The molecule has 204 valence electrons. The lowest BCUT2D eigenvalue weighted by Gasteiger charge is -2.29. The largest absolute Gasteiger partial charge is 0.146 e. The Morgan fingerprint density at radius 2 is 1.76 bits per heavy atom. The summed E-state index contributed by atoms with van der Waals surface area (Å²) >= 11 is 2.27. The van der Waals surface area contributed by atoms with Crippen LogP contribution >= 0.6 is 11.8 Å². The lowest BCUT2D eigenvalue weighted by molar-refractivity contribution is 0.552. The van der Waals surface area contributed by atoms with Gasteiger partial charge in [-0.2, -0.15) is 0 Å². The molecule has 3 unspecified atom stereocenters. The van der Waals surface area contributed by atoms with Crippen molar-refractivity contribution >= 4 is 11.8 Å². The zero-order valence-corrected chi connectivity index (χ0v) is 25.6. The van der Waals surface area contributed by atoms with Crippen molar-refractivity contribution in [2.75, 3.05) is 0 Å². The molecule has 4 atom stereocenters. The molecule has 0 aromatic heterocycles. The van der Waals surface area contributed by atoms with Crippen LogP contribution in [0.5, 0.6) is 0 Å². The molecule has 5 aliphatic rings. The van der Waals surface area contributed by atoms with Gasteiger partial charge in [0.25, 0.3) is 0 Å². The van der Waals surface area contributed by atoms with Gasteiger partial charge in [0.2, 0.25) is 0 Å². The second kappa shape index (κ2) is 12.6. The summed E-state index contributed by atoms with van der Waals surface area (Å²) < 4.78 is 0. The maximum absolute atomic E-state index is 2.70. The maximum atomic E-state index is 2.70. The van der Waals surface area contributed by atoms with Crippen LogP contribution in [0.15, 0.2) is 92.7 Å². The van der Waals surface area contributed by atoms with Crippen LogP contribution in [0, 0.1) is 11.8 Å². The molecule has 38 heavy (non-hydrogen) atoms. The van der Waals surface area contributed by atoms with E-state index in [2.05, 4.69) is 88.9 Å². The van der Waals surface area contributed by atoms with E-state index in [1.165, 1.54) is 82.6 Å². The quantitative estimate of drug-likeness (QED) is 0.269. The van der Waals surface area contributed by atoms with Gasteiger partial charge in [0.1, 0.15) is 0 Å². The van der Waals surface area contributed by atoms with Crippen LogP contribution in [0.1, 0.15) is 112 Å². The van der Waals surface area contributed by atoms with Crippen LogP contribution in [0.2, 0.25) is 0 Å². The summed E-state index contributed by atoms with van der Waals surface area (Å²) in [4.78, 5) is 0. The normalized spacial score (nSPS) is 28.4. The predicted molar refractivity (Wildman–Crippen MR) is 170 cm³/mol. The highest BCUT2D eigenvalue weighted by Gasteiger charge is 2.41. The first-order chi connectivity index (χ1) is 18.5. The van der Waals surface area contributed by atoms with Gasteiger partial charge < -0.3 is 0 Å². The lowest BCUT2D eigenvalue weighted by Crippen LogP contribution is -2.19. The van der Waals surface area contributed by atoms with E-state index >= 15 is 0 Å². The van der Waals surface area contributed by atoms with Gasteiger partial charge in [0, 0.05) is 10.5 Å². The van der Waals surface area contributed by atoms with Crippen molar-refractivity contribution in [3.05, 3.63) is 92.7 Å². The Balaban J connectivity index is 1.24. The van der Waals surface area contributed by atoms with Gasteiger partial charge in [-0.25, -0.2) is 0 Å². The van der Waals surface area contributed by atoms with Crippen molar-refractivity contribution in [1.29, 1.82) is 0 Å². The number of hydrogen-bond donors (Lipinski definition) is 0. The molecule has 1 heteroatoms. The average Bonchev–Trinajstić information content (AvgIpc) is 3.33. The Morgan fingerprint density at radius 3 is 2.50 bits per heavy atom. The number of hydrogen-bond acceptors (Lipinski definition) is 1. The summed E-state index contributed by atoms with van der Waals surface area (Å²) in [7, 11) is 0. The van der Waals surface area contributed by atoms with E-state index < -0.39 is 0 Å². The summed E-state index contributed by atoms with van der Waals surface area (Å²) in [5.41, 5.74) is 14.8. The molecule has 0 aromatic rings. The Labute approximate surface area is 237 Å². The van der Waals surface area contributed by atoms with Crippen molar-refractivity contribution < 1.29 is 0 Å². The van der Waals surface area contributed by atoms with Crippen LogP contribution in [0.4, 0.5) is 0 Å². The highest BCUT2D eigenvalue weighted by molar-refractivity contribution is 8.01. The fourth-order valence-corrected chi connectivity index (χ4v) is 9.06. The fraction of sp³-hybridized carbons (Fsp3) is 0.568. The van der Waals surface area contributed by atoms with Gasteiger partial charge in [-0.3, -0.25) is 0 Å². The first-order valence-corrected chi connectivity index (χ1v) is 16.7. The number of thioether (sulfide) groups is 1. The molecular weight excluding hydrogens is 476 g/mol. The minimum absolute atomic E-state index is 0.664. The zero-order valence-electron chi connectivity index (χ0n) is 24.7. The van der Waals surface area contributed by atoms with E-state index in [0.29, 0.717) is 16.4 Å². The third-order valence-electron chi connectivity index (χ3n) is 9.94. The van der Waals surface area contributed by atoms with Crippen molar-refractivity contribution in [3.63, 3.8) is 0 Å². The van der Waals surface area contributed by atoms with Crippen LogP contribution in [-0.2, 0) is 0 Å². The smallest absolute Gasteiger partial charge is 0.0309 e. The molecule has 0 nitrogen and oxygen atoms in total. The molecule has 5 rings (SSSR count). The first-order valence-electron chi connectivity index (χ1n) is 15.7. The molecule has 0 amide bonds. The second-order valence-corrected chi connectivity index (χ2v) is 13.8. The topological polar surface area (TPSA) is 0 Å². The van der Waals surface area contributed by atoms with E-state index in [1.807, 2.05) is 0 Å². The molecule has 0 aromatic carbocycles. The number of rotatable bonds is 9. The minimum Gasteiger partial charge on any atom is -0.146 e. The molecule has 1 saturated heterocycles. The molecule has 4 aliphatic carbocycles. The maximum Gasteiger partial charge on any atom is 0.0309 e. The summed E-state index contributed by atoms with van der Waals surface area (Å²) in [6.07, 6.45) is 32.7. The van der Waals surface area contributed by atoms with E-state index in [9.17, 15) is 0 Å². The van der Waals surface area contributed by atoms with Crippen molar-refractivity contribution in [2.45, 2.75) is 122 Å². The summed E-state index contributed by atoms with van der Waals surface area (Å²) in [6.45, 7) is 11.6. The zero-order chi connectivity index (χ0) is 26.6. The highest BCUT2D eigenvalue weighted by Crippen LogP contribution is 2.53. The first kappa shape index (κ1) is 27.8. The van der Waals surface area contributed by atoms with Gasteiger partial charge in [0.05, 0.1) is 0 Å². The molecule has 0 radical (unpaired) electrons. The van der Waals surface area contributed by atoms with Crippen LogP contribution in [0.3, 0.4) is 0 Å². The molecule has 0 saturated carbocycles. The third-order valence-corrected chi connectivity index (χ3v) is 11.5. The molecule has 0 bridgehead atoms. The summed E-state index contributed by atoms with van der Waals surface area (Å²) in [5.74, 6) is 1.43. The monoisotopic (exact) mass is 526 g/mol. The van der Waals surface area contributed by atoms with E-state index in [0.717, 1.165) is 5.92 Å². The SMILES string of the molecule is CCCC1=C(CC)C=C(C2=CC3SC4CC(C5=CC=C(C(C)C/C=C(/C)CC)CC5)=CC=C4[C@H]3CC2)CC1. The van der Waals surface area contributed by atoms with Crippen molar-refractivity contribution in [3.8, 4) is 0 Å². The number of fused-ring (bicyclic) bond motifs is 3. The lowest BCUT2D eigenvalue weighted by atomic mass is 9.76. The molecule has 1 heterocycles. The van der Waals surface area contributed by atoms with Gasteiger partial charge in [-0.15, -0.1) is 11.8 Å². The summed E-state index contributed by atoms with van der Waals surface area (Å²) in [6, 6.07) is 0. The van der Waals surface area contributed by atoms with Gasteiger partial charge in [-0.05, 0) is 117 Å². The second-order valence-electron chi connectivity index (χ2n) is 12.4. The van der Waals surface area contributed by atoms with Gasteiger partial charge in [0.15, 0.2) is 0 Å². The molecule has 0 N–H and O–H groups in total. The number of allylic oxidation sites excluding steroid dienone is 14. The van der Waals surface area contributed by atoms with E-state index in [1.54, 1.807) is 44.6 Å². The van der Waals surface area contributed by atoms with E-state index in [-0.39, 0.29) is 0 Å². The average molecular weight is 527 g/mol. The highest BCUT2D eigenvalue weighted by atomic mass is 32.2. The Hall–Kier alpha value is -1.73.